The number of aromatic nitrogens is 1. The molecule has 2 rings (SSSR count). The van der Waals surface area contributed by atoms with Crippen LogP contribution in [-0.4, -0.2) is 23.5 Å². The molecule has 2 aromatic rings. The smallest absolute Gasteiger partial charge is 0.0795 e. The number of hydrogen-bond donors (Lipinski definition) is 1. The zero-order chi connectivity index (χ0) is 13.5. The van der Waals surface area contributed by atoms with E-state index in [4.69, 9.17) is 0 Å². The van der Waals surface area contributed by atoms with Crippen molar-refractivity contribution in [3.63, 3.8) is 0 Å². The third kappa shape index (κ3) is 4.42. The maximum absolute atomic E-state index is 4.33. The number of rotatable bonds is 7. The van der Waals surface area contributed by atoms with E-state index < -0.39 is 0 Å². The van der Waals surface area contributed by atoms with Gasteiger partial charge in [-0.15, -0.1) is 11.3 Å². The summed E-state index contributed by atoms with van der Waals surface area (Å²) < 4.78 is 0. The van der Waals surface area contributed by atoms with Crippen LogP contribution < -0.4 is 5.32 Å². The fraction of sp³-hybridized carbons (Fsp3) is 0.400. The molecule has 0 saturated heterocycles. The van der Waals surface area contributed by atoms with E-state index in [1.807, 2.05) is 5.51 Å². The molecule has 0 aliphatic rings. The van der Waals surface area contributed by atoms with Crippen LogP contribution in [-0.2, 0) is 19.6 Å². The summed E-state index contributed by atoms with van der Waals surface area (Å²) in [4.78, 5) is 6.64. The summed E-state index contributed by atoms with van der Waals surface area (Å²) in [6.07, 6.45) is 0. The van der Waals surface area contributed by atoms with Gasteiger partial charge in [0.1, 0.15) is 0 Å². The Labute approximate surface area is 119 Å². The molecule has 1 aromatic heterocycles. The average molecular weight is 275 g/mol. The number of hydrogen-bond acceptors (Lipinski definition) is 4. The standard InChI is InChI=1S/C15H21N3S/c1-3-16-8-13-6-4-5-7-14(13)9-18(2)10-15-11-19-12-17-15/h4-7,11-12,16H,3,8-10H2,1-2H3. The quantitative estimate of drug-likeness (QED) is 0.842. The first-order valence-corrected chi connectivity index (χ1v) is 7.57. The van der Waals surface area contributed by atoms with Gasteiger partial charge in [-0.2, -0.15) is 0 Å². The minimum atomic E-state index is 0.902. The van der Waals surface area contributed by atoms with E-state index in [2.05, 4.69) is 58.8 Å². The zero-order valence-electron chi connectivity index (χ0n) is 11.6. The Kier molecular flexibility index (Phi) is 5.51. The van der Waals surface area contributed by atoms with Crippen LogP contribution >= 0.6 is 11.3 Å². The lowest BCUT2D eigenvalue weighted by Gasteiger charge is -2.18. The fourth-order valence-electron chi connectivity index (χ4n) is 2.08. The van der Waals surface area contributed by atoms with Crippen LogP contribution in [0.1, 0.15) is 23.7 Å². The third-order valence-corrected chi connectivity index (χ3v) is 3.67. The van der Waals surface area contributed by atoms with E-state index in [1.54, 1.807) is 11.3 Å². The second kappa shape index (κ2) is 7.38. The van der Waals surface area contributed by atoms with Crippen LogP contribution in [0.4, 0.5) is 0 Å². The molecule has 0 saturated carbocycles. The molecule has 1 N–H and O–H groups in total. The van der Waals surface area contributed by atoms with Crippen LogP contribution in [0.5, 0.6) is 0 Å². The van der Waals surface area contributed by atoms with Crippen LogP contribution in [0.2, 0.25) is 0 Å². The van der Waals surface area contributed by atoms with E-state index >= 15 is 0 Å². The molecule has 0 radical (unpaired) electrons. The van der Waals surface area contributed by atoms with Crippen molar-refractivity contribution in [2.45, 2.75) is 26.6 Å². The summed E-state index contributed by atoms with van der Waals surface area (Å²) in [5.41, 5.74) is 5.81. The molecular formula is C15H21N3S. The van der Waals surface area contributed by atoms with E-state index in [0.717, 1.165) is 31.9 Å². The molecule has 0 unspecified atom stereocenters. The summed E-state index contributed by atoms with van der Waals surface area (Å²) in [7, 11) is 2.14. The van der Waals surface area contributed by atoms with E-state index in [-0.39, 0.29) is 0 Å². The summed E-state index contributed by atoms with van der Waals surface area (Å²) in [6.45, 7) is 5.94. The van der Waals surface area contributed by atoms with Crippen molar-refractivity contribution in [2.75, 3.05) is 13.6 Å². The van der Waals surface area contributed by atoms with Gasteiger partial charge < -0.3 is 5.32 Å². The normalized spacial score (nSPS) is 11.1. The van der Waals surface area contributed by atoms with Gasteiger partial charge in [0.15, 0.2) is 0 Å². The Morgan fingerprint density at radius 2 is 2.00 bits per heavy atom. The van der Waals surface area contributed by atoms with E-state index in [1.165, 1.54) is 11.1 Å². The molecule has 0 spiro atoms. The predicted molar refractivity (Wildman–Crippen MR) is 81.1 cm³/mol. The first-order chi connectivity index (χ1) is 9.29. The van der Waals surface area contributed by atoms with Gasteiger partial charge in [-0.05, 0) is 24.7 Å². The van der Waals surface area contributed by atoms with Crippen molar-refractivity contribution in [3.8, 4) is 0 Å². The van der Waals surface area contributed by atoms with Crippen molar-refractivity contribution in [3.05, 3.63) is 52.0 Å². The van der Waals surface area contributed by atoms with E-state index in [9.17, 15) is 0 Å². The Morgan fingerprint density at radius 3 is 2.68 bits per heavy atom. The Bertz CT molecular complexity index is 482. The summed E-state index contributed by atoms with van der Waals surface area (Å²) in [5, 5.41) is 5.51. The Hall–Kier alpha value is -1.23. The fourth-order valence-corrected chi connectivity index (χ4v) is 2.63. The third-order valence-electron chi connectivity index (χ3n) is 3.04. The lowest BCUT2D eigenvalue weighted by atomic mass is 10.1. The molecule has 0 fully saturated rings. The molecule has 0 bridgehead atoms. The van der Waals surface area contributed by atoms with Crippen molar-refractivity contribution in [2.24, 2.45) is 0 Å². The summed E-state index contributed by atoms with van der Waals surface area (Å²) in [6, 6.07) is 8.64. The summed E-state index contributed by atoms with van der Waals surface area (Å²) in [5.74, 6) is 0. The maximum Gasteiger partial charge on any atom is 0.0795 e. The molecule has 0 amide bonds. The van der Waals surface area contributed by atoms with Gasteiger partial charge in [0.2, 0.25) is 0 Å². The van der Waals surface area contributed by atoms with Crippen molar-refractivity contribution in [1.29, 1.82) is 0 Å². The molecular weight excluding hydrogens is 254 g/mol. The minimum Gasteiger partial charge on any atom is -0.313 e. The number of nitrogens with zero attached hydrogens (tertiary/aromatic N) is 2. The largest absolute Gasteiger partial charge is 0.313 e. The minimum absolute atomic E-state index is 0.902. The van der Waals surface area contributed by atoms with Gasteiger partial charge in [0.25, 0.3) is 0 Å². The Balaban J connectivity index is 1.97. The van der Waals surface area contributed by atoms with E-state index in [0.29, 0.717) is 0 Å². The summed E-state index contributed by atoms with van der Waals surface area (Å²) >= 11 is 1.65. The molecule has 0 aliphatic heterocycles. The first kappa shape index (κ1) is 14.2. The molecule has 102 valence electrons. The first-order valence-electron chi connectivity index (χ1n) is 6.62. The van der Waals surface area contributed by atoms with Crippen LogP contribution in [0.15, 0.2) is 35.2 Å². The highest BCUT2D eigenvalue weighted by atomic mass is 32.1. The zero-order valence-corrected chi connectivity index (χ0v) is 12.4. The SMILES string of the molecule is CCNCc1ccccc1CN(C)Cc1cscn1. The molecule has 4 heteroatoms. The average Bonchev–Trinajstić information content (AvgIpc) is 2.90. The van der Waals surface area contributed by atoms with Gasteiger partial charge in [-0.1, -0.05) is 31.2 Å². The molecule has 3 nitrogen and oxygen atoms in total. The molecule has 0 aliphatic carbocycles. The van der Waals surface area contributed by atoms with Gasteiger partial charge in [-0.25, -0.2) is 4.98 Å². The maximum atomic E-state index is 4.33. The highest BCUT2D eigenvalue weighted by Crippen LogP contribution is 2.13. The van der Waals surface area contributed by atoms with Crippen LogP contribution in [0.25, 0.3) is 0 Å². The van der Waals surface area contributed by atoms with Gasteiger partial charge >= 0.3 is 0 Å². The van der Waals surface area contributed by atoms with Crippen molar-refractivity contribution < 1.29 is 0 Å². The molecule has 0 atom stereocenters. The van der Waals surface area contributed by atoms with Crippen molar-refractivity contribution >= 4 is 11.3 Å². The van der Waals surface area contributed by atoms with Gasteiger partial charge in [-0.3, -0.25) is 4.90 Å². The number of benzene rings is 1. The highest BCUT2D eigenvalue weighted by Gasteiger charge is 2.06. The van der Waals surface area contributed by atoms with Crippen LogP contribution in [0, 0.1) is 0 Å². The molecule has 1 aromatic carbocycles. The number of nitrogens with one attached hydrogen (secondary N) is 1. The topological polar surface area (TPSA) is 28.2 Å². The van der Waals surface area contributed by atoms with Crippen LogP contribution in [0.3, 0.4) is 0 Å². The predicted octanol–water partition coefficient (Wildman–Crippen LogP) is 2.88. The lowest BCUT2D eigenvalue weighted by molar-refractivity contribution is 0.314. The lowest BCUT2D eigenvalue weighted by Crippen LogP contribution is -2.20. The second-order valence-electron chi connectivity index (χ2n) is 4.70. The van der Waals surface area contributed by atoms with Gasteiger partial charge in [0, 0.05) is 25.0 Å². The second-order valence-corrected chi connectivity index (χ2v) is 5.42. The highest BCUT2D eigenvalue weighted by molar-refractivity contribution is 7.07. The molecule has 1 heterocycles. The monoisotopic (exact) mass is 275 g/mol. The molecule has 19 heavy (non-hydrogen) atoms. The van der Waals surface area contributed by atoms with Crippen molar-refractivity contribution in [1.82, 2.24) is 15.2 Å². The number of thiazole rings is 1. The Morgan fingerprint density at radius 1 is 1.21 bits per heavy atom. The van der Waals surface area contributed by atoms with Gasteiger partial charge in [0.05, 0.1) is 11.2 Å².